The zero-order chi connectivity index (χ0) is 33.0. The van der Waals surface area contributed by atoms with E-state index in [4.69, 9.17) is 24.7 Å². The summed E-state index contributed by atoms with van der Waals surface area (Å²) in [6.45, 7) is 10.0. The highest BCUT2D eigenvalue weighted by atomic mass is 32.2. The maximum absolute atomic E-state index is 13.7. The van der Waals surface area contributed by atoms with Crippen LogP contribution in [0.3, 0.4) is 0 Å². The summed E-state index contributed by atoms with van der Waals surface area (Å²) in [6, 6.07) is -0.594. The summed E-state index contributed by atoms with van der Waals surface area (Å²) in [6.07, 6.45) is 5.24. The first-order valence-electron chi connectivity index (χ1n) is 15.9. The van der Waals surface area contributed by atoms with Crippen LogP contribution in [-0.2, 0) is 23.7 Å². The number of piperidine rings is 2. The van der Waals surface area contributed by atoms with E-state index < -0.39 is 54.3 Å². The molecule has 46 heavy (non-hydrogen) atoms. The van der Waals surface area contributed by atoms with Crippen LogP contribution in [-0.4, -0.2) is 122 Å². The van der Waals surface area contributed by atoms with Crippen molar-refractivity contribution in [2.45, 2.75) is 102 Å². The lowest BCUT2D eigenvalue weighted by Gasteiger charge is -2.40. The molecular weight excluding hydrogens is 616 g/mol. The molecule has 0 aliphatic carbocycles. The number of anilines is 1. The molecule has 3 N–H and O–H groups in total. The molecule has 0 bridgehead atoms. The SMILES string of the molecule is CSC[C@H]1O[C@@H](n2cnc3c(N)ncnc32)[C@H](OC(=O)N2CCC(N3CCCCC3)CC2)[C@@H]1OC(=O)[C@@H](C)NC(=O)OC(C)(C)C. The molecule has 15 nitrogen and oxygen atoms in total. The van der Waals surface area contributed by atoms with Crippen LogP contribution < -0.4 is 11.1 Å². The quantitative estimate of drug-likeness (QED) is 0.312. The number of nitrogens with one attached hydrogen (secondary N) is 1. The molecule has 0 spiro atoms. The van der Waals surface area contributed by atoms with E-state index in [2.05, 4.69) is 25.2 Å². The number of hydrogen-bond acceptors (Lipinski definition) is 13. The van der Waals surface area contributed by atoms with E-state index in [1.165, 1.54) is 50.6 Å². The topological polar surface area (TPSA) is 176 Å². The maximum Gasteiger partial charge on any atom is 0.410 e. The molecule has 3 fully saturated rings. The summed E-state index contributed by atoms with van der Waals surface area (Å²) in [5.74, 6) is -0.101. The number of esters is 1. The molecular formula is C30H46N8O7S. The van der Waals surface area contributed by atoms with Gasteiger partial charge in [-0.3, -0.25) is 4.57 Å². The number of thioether (sulfide) groups is 1. The van der Waals surface area contributed by atoms with Crippen LogP contribution in [0.25, 0.3) is 11.2 Å². The number of nitrogens with zero attached hydrogens (tertiary/aromatic N) is 6. The lowest BCUT2D eigenvalue weighted by molar-refractivity contribution is -0.157. The van der Waals surface area contributed by atoms with E-state index >= 15 is 0 Å². The van der Waals surface area contributed by atoms with Gasteiger partial charge >= 0.3 is 18.2 Å². The van der Waals surface area contributed by atoms with Gasteiger partial charge in [-0.05, 0) is 72.7 Å². The summed E-state index contributed by atoms with van der Waals surface area (Å²) in [5, 5.41) is 2.52. The van der Waals surface area contributed by atoms with Crippen molar-refractivity contribution in [2.24, 2.45) is 0 Å². The van der Waals surface area contributed by atoms with Gasteiger partial charge < -0.3 is 39.8 Å². The van der Waals surface area contributed by atoms with E-state index in [0.717, 1.165) is 25.9 Å². The van der Waals surface area contributed by atoms with Gasteiger partial charge in [0.25, 0.3) is 0 Å². The Bertz CT molecular complexity index is 1370. The molecule has 0 unspecified atom stereocenters. The third-order valence-electron chi connectivity index (χ3n) is 8.48. The Balaban J connectivity index is 1.36. The van der Waals surface area contributed by atoms with Gasteiger partial charge in [0.2, 0.25) is 0 Å². The number of likely N-dealkylation sites (tertiary alicyclic amines) is 2. The van der Waals surface area contributed by atoms with Crippen LogP contribution >= 0.6 is 11.8 Å². The van der Waals surface area contributed by atoms with Gasteiger partial charge in [0.1, 0.15) is 29.6 Å². The van der Waals surface area contributed by atoms with Gasteiger partial charge in [-0.15, -0.1) is 0 Å². The number of ether oxygens (including phenoxy) is 4. The number of alkyl carbamates (subject to hydrolysis) is 1. The second kappa shape index (κ2) is 14.6. The number of carbonyl (C=O) groups is 3. The van der Waals surface area contributed by atoms with Gasteiger partial charge in [0.05, 0.1) is 6.33 Å². The van der Waals surface area contributed by atoms with Gasteiger partial charge in [-0.25, -0.2) is 29.3 Å². The van der Waals surface area contributed by atoms with Crippen LogP contribution in [0.2, 0.25) is 0 Å². The van der Waals surface area contributed by atoms with Crippen molar-refractivity contribution >= 4 is 46.9 Å². The lowest BCUT2D eigenvalue weighted by Crippen LogP contribution is -2.50. The highest BCUT2D eigenvalue weighted by Gasteiger charge is 2.51. The Morgan fingerprint density at radius 1 is 1.07 bits per heavy atom. The van der Waals surface area contributed by atoms with Gasteiger partial charge in [0.15, 0.2) is 29.9 Å². The number of fused-ring (bicyclic) bond motifs is 1. The number of hydrogen-bond donors (Lipinski definition) is 2. The first kappa shape index (κ1) is 34.0. The van der Waals surface area contributed by atoms with Crippen molar-refractivity contribution in [3.05, 3.63) is 12.7 Å². The van der Waals surface area contributed by atoms with Gasteiger partial charge in [-0.1, -0.05) is 6.42 Å². The minimum atomic E-state index is -1.06. The minimum absolute atomic E-state index is 0.192. The van der Waals surface area contributed by atoms with Gasteiger partial charge in [0, 0.05) is 24.9 Å². The molecule has 3 aliphatic heterocycles. The monoisotopic (exact) mass is 662 g/mol. The summed E-state index contributed by atoms with van der Waals surface area (Å²) < 4.78 is 25.5. The highest BCUT2D eigenvalue weighted by molar-refractivity contribution is 7.98. The van der Waals surface area contributed by atoms with Crippen LogP contribution in [0, 0.1) is 0 Å². The molecule has 2 aromatic rings. The lowest BCUT2D eigenvalue weighted by atomic mass is 10.0. The molecule has 2 aromatic heterocycles. The number of imidazole rings is 1. The van der Waals surface area contributed by atoms with Crippen molar-refractivity contribution in [3.63, 3.8) is 0 Å². The van der Waals surface area contributed by atoms with Crippen LogP contribution in [0.4, 0.5) is 15.4 Å². The van der Waals surface area contributed by atoms with Gasteiger partial charge in [-0.2, -0.15) is 11.8 Å². The Morgan fingerprint density at radius 2 is 1.78 bits per heavy atom. The third kappa shape index (κ3) is 7.94. The molecule has 3 saturated heterocycles. The average molecular weight is 663 g/mol. The Morgan fingerprint density at radius 3 is 2.46 bits per heavy atom. The fourth-order valence-corrected chi connectivity index (χ4v) is 6.82. The first-order chi connectivity index (χ1) is 21.9. The summed E-state index contributed by atoms with van der Waals surface area (Å²) in [4.78, 5) is 56.4. The number of amides is 2. The molecule has 5 rings (SSSR count). The summed E-state index contributed by atoms with van der Waals surface area (Å²) in [7, 11) is 0. The molecule has 0 radical (unpaired) electrons. The Hall–Kier alpha value is -3.37. The highest BCUT2D eigenvalue weighted by Crippen LogP contribution is 2.37. The molecule has 3 aliphatic rings. The van der Waals surface area contributed by atoms with E-state index in [0.29, 0.717) is 36.0 Å². The molecule has 2 amide bonds. The molecule has 254 valence electrons. The van der Waals surface area contributed by atoms with Crippen molar-refractivity contribution in [3.8, 4) is 0 Å². The Kier molecular flexibility index (Phi) is 10.8. The molecule has 0 aromatic carbocycles. The standard InChI is InChI=1S/C30H46N8O7S/c1-18(35-28(40)45-30(2,3)4)27(39)43-22-20(15-46-5)42-26(38-17-34-21-24(31)32-16-33-25(21)38)23(22)44-29(41)37-13-9-19(10-14-37)36-11-7-6-8-12-36/h16-20,22-23,26H,6-15H2,1-5H3,(H,35,40)(H2,31,32,33)/t18-,20-,22-,23-,26-/m1/s1. The first-order valence-corrected chi connectivity index (χ1v) is 17.3. The summed E-state index contributed by atoms with van der Waals surface area (Å²) >= 11 is 1.49. The summed E-state index contributed by atoms with van der Waals surface area (Å²) in [5.41, 5.74) is 6.05. The number of nitrogens with two attached hydrogens (primary N) is 1. The van der Waals surface area contributed by atoms with Crippen LogP contribution in [0.5, 0.6) is 0 Å². The van der Waals surface area contributed by atoms with Crippen LogP contribution in [0.15, 0.2) is 12.7 Å². The van der Waals surface area contributed by atoms with Crippen LogP contribution in [0.1, 0.15) is 66.0 Å². The zero-order valence-corrected chi connectivity index (χ0v) is 28.0. The smallest absolute Gasteiger partial charge is 0.410 e. The number of nitrogen functional groups attached to an aromatic ring is 1. The van der Waals surface area contributed by atoms with Crippen molar-refractivity contribution < 1.29 is 33.3 Å². The largest absolute Gasteiger partial charge is 0.454 e. The zero-order valence-electron chi connectivity index (χ0n) is 27.2. The second-order valence-electron chi connectivity index (χ2n) is 13.0. The fourth-order valence-electron chi connectivity index (χ4n) is 6.22. The molecule has 5 heterocycles. The van der Waals surface area contributed by atoms with E-state index in [1.807, 2.05) is 6.26 Å². The predicted molar refractivity (Wildman–Crippen MR) is 171 cm³/mol. The molecule has 16 heteroatoms. The average Bonchev–Trinajstić information content (AvgIpc) is 3.59. The normalized spacial score (nSPS) is 25.3. The third-order valence-corrected chi connectivity index (χ3v) is 9.15. The van der Waals surface area contributed by atoms with Crippen molar-refractivity contribution in [1.29, 1.82) is 0 Å². The number of aromatic nitrogens is 4. The maximum atomic E-state index is 13.7. The Labute approximate surface area is 273 Å². The van der Waals surface area contributed by atoms with Crippen molar-refractivity contribution in [2.75, 3.05) is 43.9 Å². The number of carbonyl (C=O) groups excluding carboxylic acids is 3. The molecule has 5 atom stereocenters. The molecule has 0 saturated carbocycles. The van der Waals surface area contributed by atoms with E-state index in [9.17, 15) is 14.4 Å². The van der Waals surface area contributed by atoms with Crippen molar-refractivity contribution in [1.82, 2.24) is 34.6 Å². The predicted octanol–water partition coefficient (Wildman–Crippen LogP) is 2.95. The minimum Gasteiger partial charge on any atom is -0.454 e. The fraction of sp³-hybridized carbons (Fsp3) is 0.733. The second-order valence-corrected chi connectivity index (χ2v) is 13.9. The van der Waals surface area contributed by atoms with E-state index in [-0.39, 0.29) is 5.82 Å². The van der Waals surface area contributed by atoms with E-state index in [1.54, 1.807) is 30.2 Å². The number of rotatable bonds is 8.